The molecule has 136 valence electrons. The van der Waals surface area contributed by atoms with E-state index in [1.54, 1.807) is 12.1 Å². The number of fused-ring (bicyclic) bond motifs is 1. The van der Waals surface area contributed by atoms with E-state index in [1.807, 2.05) is 13.0 Å². The number of hydrogen-bond acceptors (Lipinski definition) is 6. The van der Waals surface area contributed by atoms with E-state index in [1.165, 1.54) is 4.90 Å². The van der Waals surface area contributed by atoms with E-state index < -0.39 is 22.3 Å². The molecule has 2 heterocycles. The third-order valence-electron chi connectivity index (χ3n) is 4.29. The summed E-state index contributed by atoms with van der Waals surface area (Å²) < 4.78 is 32.0. The lowest BCUT2D eigenvalue weighted by Crippen LogP contribution is -2.26. The molecule has 3 rings (SSSR count). The molecule has 2 aliphatic heterocycles. The molecule has 0 aromatic heterocycles. The molecule has 2 aliphatic rings. The minimum absolute atomic E-state index is 0.00919. The van der Waals surface area contributed by atoms with E-state index in [9.17, 15) is 18.0 Å². The highest BCUT2D eigenvalue weighted by atomic mass is 32.2. The van der Waals surface area contributed by atoms with Crippen LogP contribution in [-0.2, 0) is 30.3 Å². The van der Waals surface area contributed by atoms with E-state index in [4.69, 9.17) is 8.92 Å². The van der Waals surface area contributed by atoms with Crippen LogP contribution in [0.15, 0.2) is 18.2 Å². The van der Waals surface area contributed by atoms with Crippen molar-refractivity contribution in [3.8, 4) is 0 Å². The first-order valence-electron chi connectivity index (χ1n) is 7.99. The number of aryl methyl sites for hydroxylation is 1. The van der Waals surface area contributed by atoms with Crippen molar-refractivity contribution >= 4 is 33.5 Å². The summed E-state index contributed by atoms with van der Waals surface area (Å²) in [5, 5.41) is 2.89. The molecular weight excluding hydrogens is 348 g/mol. The predicted molar refractivity (Wildman–Crippen MR) is 91.0 cm³/mol. The van der Waals surface area contributed by atoms with Gasteiger partial charge in [0.1, 0.15) is 12.7 Å². The maximum absolute atomic E-state index is 12.1. The summed E-state index contributed by atoms with van der Waals surface area (Å²) in [5.74, 6) is -0.0739. The molecule has 0 aliphatic carbocycles. The van der Waals surface area contributed by atoms with Crippen molar-refractivity contribution in [2.45, 2.75) is 25.9 Å². The average molecular weight is 368 g/mol. The lowest BCUT2D eigenvalue weighted by atomic mass is 10.0. The first-order valence-corrected chi connectivity index (χ1v) is 9.81. The first-order chi connectivity index (χ1) is 11.7. The smallest absolute Gasteiger partial charge is 0.414 e. The van der Waals surface area contributed by atoms with Gasteiger partial charge in [-0.3, -0.25) is 13.9 Å². The number of rotatable bonds is 4. The molecule has 1 aromatic carbocycles. The Bertz CT molecular complexity index is 807. The van der Waals surface area contributed by atoms with Crippen LogP contribution in [0.4, 0.5) is 16.2 Å². The van der Waals surface area contributed by atoms with E-state index >= 15 is 0 Å². The number of amides is 2. The Morgan fingerprint density at radius 1 is 1.36 bits per heavy atom. The number of nitrogens with one attached hydrogen (secondary N) is 1. The van der Waals surface area contributed by atoms with Gasteiger partial charge in [-0.1, -0.05) is 6.92 Å². The predicted octanol–water partition coefficient (Wildman–Crippen LogP) is 1.51. The molecule has 8 nitrogen and oxygen atoms in total. The Balaban J connectivity index is 1.74. The van der Waals surface area contributed by atoms with E-state index in [0.717, 1.165) is 30.3 Å². The highest BCUT2D eigenvalue weighted by Gasteiger charge is 2.33. The maximum atomic E-state index is 12.1. The standard InChI is InChI=1S/C16H20N2O6S/c1-10-3-4-11-7-12(5-6-14(11)17-15(10)19)18-8-13(24-16(18)20)9-23-25(2,21)22/h5-7,10,13H,3-4,8-9H2,1-2H3,(H,17,19)/t10?,13-/m1/s1. The maximum Gasteiger partial charge on any atom is 0.414 e. The Kier molecular flexibility index (Phi) is 4.70. The number of carbonyl (C=O) groups excluding carboxylic acids is 2. The SMILES string of the molecule is CC1CCc2cc(N3C[C@H](COS(C)(=O)=O)OC3=O)ccc2NC1=O. The topological polar surface area (TPSA) is 102 Å². The zero-order chi connectivity index (χ0) is 18.2. The van der Waals surface area contributed by atoms with Crippen LogP contribution in [0.25, 0.3) is 0 Å². The highest BCUT2D eigenvalue weighted by molar-refractivity contribution is 7.85. The van der Waals surface area contributed by atoms with Crippen molar-refractivity contribution in [1.82, 2.24) is 0 Å². The third-order valence-corrected chi connectivity index (χ3v) is 4.86. The van der Waals surface area contributed by atoms with Gasteiger partial charge in [0.15, 0.2) is 0 Å². The van der Waals surface area contributed by atoms with Gasteiger partial charge in [-0.05, 0) is 36.6 Å². The van der Waals surface area contributed by atoms with Crippen molar-refractivity contribution in [3.05, 3.63) is 23.8 Å². The molecule has 0 bridgehead atoms. The number of cyclic esters (lactones) is 1. The first kappa shape index (κ1) is 17.7. The van der Waals surface area contributed by atoms with E-state index in [2.05, 4.69) is 5.32 Å². The van der Waals surface area contributed by atoms with Gasteiger partial charge in [-0.25, -0.2) is 4.79 Å². The Labute approximate surface area is 146 Å². The molecule has 0 radical (unpaired) electrons. The molecule has 0 spiro atoms. The Morgan fingerprint density at radius 2 is 2.12 bits per heavy atom. The number of anilines is 2. The van der Waals surface area contributed by atoms with Crippen LogP contribution in [0, 0.1) is 5.92 Å². The summed E-state index contributed by atoms with van der Waals surface area (Å²) in [6.07, 6.45) is 1.21. The van der Waals surface area contributed by atoms with Gasteiger partial charge in [0.2, 0.25) is 5.91 Å². The second-order valence-corrected chi connectivity index (χ2v) is 8.02. The third kappa shape index (κ3) is 4.10. The zero-order valence-corrected chi connectivity index (χ0v) is 14.8. The second-order valence-electron chi connectivity index (χ2n) is 6.38. The van der Waals surface area contributed by atoms with Crippen LogP contribution >= 0.6 is 0 Å². The largest absolute Gasteiger partial charge is 0.441 e. The molecule has 9 heteroatoms. The number of ether oxygens (including phenoxy) is 1. The van der Waals surface area contributed by atoms with Crippen LogP contribution in [0.1, 0.15) is 18.9 Å². The van der Waals surface area contributed by atoms with Crippen LogP contribution in [0.3, 0.4) is 0 Å². The van der Waals surface area contributed by atoms with E-state index in [-0.39, 0.29) is 25.0 Å². The molecule has 1 N–H and O–H groups in total. The minimum atomic E-state index is -3.59. The van der Waals surface area contributed by atoms with Crippen LogP contribution in [-0.4, -0.2) is 45.9 Å². The van der Waals surface area contributed by atoms with Crippen molar-refractivity contribution < 1.29 is 26.9 Å². The van der Waals surface area contributed by atoms with Gasteiger partial charge in [0.25, 0.3) is 10.1 Å². The fraction of sp³-hybridized carbons (Fsp3) is 0.500. The number of carbonyl (C=O) groups is 2. The molecule has 0 saturated carbocycles. The lowest BCUT2D eigenvalue weighted by Gasteiger charge is -2.16. The number of nitrogens with zero attached hydrogens (tertiary/aromatic N) is 1. The molecule has 1 unspecified atom stereocenters. The van der Waals surface area contributed by atoms with Crippen LogP contribution in [0.5, 0.6) is 0 Å². The van der Waals surface area contributed by atoms with Gasteiger partial charge in [0, 0.05) is 17.3 Å². The summed E-state index contributed by atoms with van der Waals surface area (Å²) in [5.41, 5.74) is 2.36. The van der Waals surface area contributed by atoms with Crippen LogP contribution < -0.4 is 10.2 Å². The van der Waals surface area contributed by atoms with Gasteiger partial charge < -0.3 is 10.1 Å². The summed E-state index contributed by atoms with van der Waals surface area (Å²) >= 11 is 0. The highest BCUT2D eigenvalue weighted by Crippen LogP contribution is 2.30. The van der Waals surface area contributed by atoms with Gasteiger partial charge >= 0.3 is 6.09 Å². The molecular formula is C16H20N2O6S. The second kappa shape index (κ2) is 6.64. The molecule has 25 heavy (non-hydrogen) atoms. The fourth-order valence-corrected chi connectivity index (χ4v) is 3.25. The molecule has 1 aromatic rings. The van der Waals surface area contributed by atoms with Gasteiger partial charge in [-0.15, -0.1) is 0 Å². The normalized spacial score (nSPS) is 23.7. The van der Waals surface area contributed by atoms with Crippen molar-refractivity contribution in [2.24, 2.45) is 5.92 Å². The average Bonchev–Trinajstić information content (AvgIpc) is 2.85. The number of hydrogen-bond donors (Lipinski definition) is 1. The summed E-state index contributed by atoms with van der Waals surface area (Å²) in [6.45, 7) is 1.88. The van der Waals surface area contributed by atoms with Gasteiger partial charge in [-0.2, -0.15) is 8.42 Å². The molecule has 2 atom stereocenters. The summed E-state index contributed by atoms with van der Waals surface area (Å²) in [6, 6.07) is 5.36. The van der Waals surface area contributed by atoms with Gasteiger partial charge in [0.05, 0.1) is 12.8 Å². The molecule has 2 amide bonds. The number of benzene rings is 1. The Hall–Kier alpha value is -2.13. The van der Waals surface area contributed by atoms with Crippen LogP contribution in [0.2, 0.25) is 0 Å². The minimum Gasteiger partial charge on any atom is -0.441 e. The summed E-state index contributed by atoms with van der Waals surface area (Å²) in [7, 11) is -3.59. The van der Waals surface area contributed by atoms with Crippen molar-refractivity contribution in [2.75, 3.05) is 29.6 Å². The lowest BCUT2D eigenvalue weighted by molar-refractivity contribution is -0.119. The fourth-order valence-electron chi connectivity index (χ4n) is 2.85. The van der Waals surface area contributed by atoms with Crippen molar-refractivity contribution in [1.29, 1.82) is 0 Å². The summed E-state index contributed by atoms with van der Waals surface area (Å²) in [4.78, 5) is 25.4. The zero-order valence-electron chi connectivity index (χ0n) is 14.0. The molecule has 1 fully saturated rings. The van der Waals surface area contributed by atoms with Crippen molar-refractivity contribution in [3.63, 3.8) is 0 Å². The molecule has 1 saturated heterocycles. The monoisotopic (exact) mass is 368 g/mol. The Morgan fingerprint density at radius 3 is 2.84 bits per heavy atom. The van der Waals surface area contributed by atoms with E-state index in [0.29, 0.717) is 5.69 Å². The quantitative estimate of drug-likeness (QED) is 0.808.